The van der Waals surface area contributed by atoms with Gasteiger partial charge in [0.2, 0.25) is 0 Å². The number of rotatable bonds is 5. The number of nitrogens with one attached hydrogen (secondary N) is 2. The normalized spacial score (nSPS) is 11.1. The van der Waals surface area contributed by atoms with E-state index in [1.807, 2.05) is 25.1 Å². The number of amides is 1. The van der Waals surface area contributed by atoms with Crippen LogP contribution < -0.4 is 10.0 Å². The Balaban J connectivity index is 1.89. The first kappa shape index (κ1) is 19.9. The first-order chi connectivity index (χ1) is 13.3. The minimum atomic E-state index is -3.96. The van der Waals surface area contributed by atoms with Crippen molar-refractivity contribution >= 4 is 38.9 Å². The lowest BCUT2D eigenvalue weighted by Gasteiger charge is -2.13. The van der Waals surface area contributed by atoms with E-state index in [1.165, 1.54) is 18.2 Å². The lowest BCUT2D eigenvalue weighted by atomic mass is 10.2. The van der Waals surface area contributed by atoms with Crippen LogP contribution in [0.4, 0.5) is 11.4 Å². The standard InChI is InChI=1S/C21H19ClN2O3S/c1-14-7-10-17(11-8-14)23-21(25)16-9-12-18(22)20(13-16)28(26,27)24-19-6-4-3-5-15(19)2/h3-13,24H,1-2H3,(H,23,25). The van der Waals surface area contributed by atoms with Gasteiger partial charge in [0.1, 0.15) is 4.90 Å². The molecule has 0 saturated carbocycles. The highest BCUT2D eigenvalue weighted by atomic mass is 35.5. The predicted octanol–water partition coefficient (Wildman–Crippen LogP) is 5.01. The third-order valence-electron chi connectivity index (χ3n) is 4.18. The second-order valence-corrected chi connectivity index (χ2v) is 8.44. The second-order valence-electron chi connectivity index (χ2n) is 6.39. The van der Waals surface area contributed by atoms with Crippen molar-refractivity contribution in [3.05, 3.63) is 88.4 Å². The van der Waals surface area contributed by atoms with Crippen molar-refractivity contribution in [3.63, 3.8) is 0 Å². The van der Waals surface area contributed by atoms with Crippen molar-refractivity contribution in [3.8, 4) is 0 Å². The number of para-hydroxylation sites is 1. The topological polar surface area (TPSA) is 75.3 Å². The van der Waals surface area contributed by atoms with Crippen molar-refractivity contribution in [1.29, 1.82) is 0 Å². The smallest absolute Gasteiger partial charge is 0.263 e. The molecule has 2 N–H and O–H groups in total. The van der Waals surface area contributed by atoms with Crippen molar-refractivity contribution in [1.82, 2.24) is 0 Å². The molecule has 0 saturated heterocycles. The highest BCUT2D eigenvalue weighted by Gasteiger charge is 2.21. The molecular formula is C21H19ClN2O3S. The molecule has 0 spiro atoms. The molecular weight excluding hydrogens is 396 g/mol. The number of carbonyl (C=O) groups is 1. The van der Waals surface area contributed by atoms with E-state index in [2.05, 4.69) is 10.0 Å². The molecule has 3 aromatic carbocycles. The molecule has 0 radical (unpaired) electrons. The van der Waals surface area contributed by atoms with Crippen LogP contribution in [0.1, 0.15) is 21.5 Å². The van der Waals surface area contributed by atoms with Gasteiger partial charge in [-0.2, -0.15) is 0 Å². The van der Waals surface area contributed by atoms with Gasteiger partial charge in [-0.05, 0) is 55.8 Å². The van der Waals surface area contributed by atoms with Crippen LogP contribution in [0.5, 0.6) is 0 Å². The SMILES string of the molecule is Cc1ccc(NC(=O)c2ccc(Cl)c(S(=O)(=O)Nc3ccccc3C)c2)cc1. The third-order valence-corrected chi connectivity index (χ3v) is 6.03. The van der Waals surface area contributed by atoms with Crippen molar-refractivity contribution in [2.75, 3.05) is 10.0 Å². The molecule has 0 unspecified atom stereocenters. The summed E-state index contributed by atoms with van der Waals surface area (Å²) in [7, 11) is -3.96. The van der Waals surface area contributed by atoms with Crippen LogP contribution in [0.2, 0.25) is 5.02 Å². The maximum atomic E-state index is 12.8. The average Bonchev–Trinajstić information content (AvgIpc) is 2.65. The van der Waals surface area contributed by atoms with Crippen molar-refractivity contribution in [2.45, 2.75) is 18.7 Å². The molecule has 0 aliphatic rings. The molecule has 0 aliphatic heterocycles. The Morgan fingerprint density at radius 2 is 1.61 bits per heavy atom. The van der Waals surface area contributed by atoms with Crippen molar-refractivity contribution in [2.24, 2.45) is 0 Å². The minimum absolute atomic E-state index is 0.0352. The van der Waals surface area contributed by atoms with Gasteiger partial charge in [0.15, 0.2) is 0 Å². The summed E-state index contributed by atoms with van der Waals surface area (Å²) in [5, 5.41) is 2.78. The Morgan fingerprint density at radius 1 is 0.929 bits per heavy atom. The van der Waals surface area contributed by atoms with E-state index in [1.54, 1.807) is 37.3 Å². The number of halogens is 1. The minimum Gasteiger partial charge on any atom is -0.322 e. The quantitative estimate of drug-likeness (QED) is 0.616. The summed E-state index contributed by atoms with van der Waals surface area (Å²) in [5.74, 6) is -0.423. The number of hydrogen-bond donors (Lipinski definition) is 2. The molecule has 3 aromatic rings. The molecule has 0 bridgehead atoms. The molecule has 0 aromatic heterocycles. The Morgan fingerprint density at radius 3 is 2.29 bits per heavy atom. The van der Waals surface area contributed by atoms with Gasteiger partial charge in [-0.25, -0.2) is 8.42 Å². The van der Waals surface area contributed by atoms with Crippen LogP contribution in [0.3, 0.4) is 0 Å². The Hall–Kier alpha value is -2.83. The molecule has 7 heteroatoms. The van der Waals surface area contributed by atoms with Crippen LogP contribution >= 0.6 is 11.6 Å². The van der Waals surface area contributed by atoms with Gasteiger partial charge in [-0.15, -0.1) is 0 Å². The van der Waals surface area contributed by atoms with E-state index in [-0.39, 0.29) is 15.5 Å². The number of anilines is 2. The molecule has 0 fully saturated rings. The molecule has 0 heterocycles. The number of aryl methyl sites for hydroxylation is 2. The third kappa shape index (κ3) is 4.52. The fourth-order valence-electron chi connectivity index (χ4n) is 2.58. The van der Waals surface area contributed by atoms with Gasteiger partial charge in [0.25, 0.3) is 15.9 Å². The van der Waals surface area contributed by atoms with Crippen LogP contribution in [0.25, 0.3) is 0 Å². The van der Waals surface area contributed by atoms with Crippen LogP contribution in [-0.2, 0) is 10.0 Å². The first-order valence-electron chi connectivity index (χ1n) is 8.52. The lowest BCUT2D eigenvalue weighted by Crippen LogP contribution is -2.17. The zero-order valence-electron chi connectivity index (χ0n) is 15.4. The number of sulfonamides is 1. The maximum absolute atomic E-state index is 12.8. The zero-order valence-corrected chi connectivity index (χ0v) is 16.9. The van der Waals surface area contributed by atoms with E-state index >= 15 is 0 Å². The fourth-order valence-corrected chi connectivity index (χ4v) is 4.24. The Kier molecular flexibility index (Phi) is 5.72. The number of benzene rings is 3. The molecule has 5 nitrogen and oxygen atoms in total. The van der Waals surface area contributed by atoms with Gasteiger partial charge < -0.3 is 5.32 Å². The summed E-state index contributed by atoms with van der Waals surface area (Å²) < 4.78 is 28.2. The number of carbonyl (C=O) groups excluding carboxylic acids is 1. The molecule has 3 rings (SSSR count). The van der Waals surface area contributed by atoms with Gasteiger partial charge in [0, 0.05) is 11.3 Å². The molecule has 1 amide bonds. The van der Waals surface area contributed by atoms with E-state index in [0.717, 1.165) is 11.1 Å². The molecule has 0 aliphatic carbocycles. The molecule has 28 heavy (non-hydrogen) atoms. The van der Waals surface area contributed by atoms with Crippen LogP contribution in [0, 0.1) is 13.8 Å². The van der Waals surface area contributed by atoms with Crippen LogP contribution in [0.15, 0.2) is 71.6 Å². The summed E-state index contributed by atoms with van der Waals surface area (Å²) in [6.45, 7) is 3.74. The van der Waals surface area contributed by atoms with E-state index in [9.17, 15) is 13.2 Å². The predicted molar refractivity (Wildman–Crippen MR) is 113 cm³/mol. The number of hydrogen-bond acceptors (Lipinski definition) is 3. The Labute approximate surface area is 169 Å². The highest BCUT2D eigenvalue weighted by Crippen LogP contribution is 2.26. The molecule has 0 atom stereocenters. The van der Waals surface area contributed by atoms with Crippen LogP contribution in [-0.4, -0.2) is 14.3 Å². The van der Waals surface area contributed by atoms with E-state index in [4.69, 9.17) is 11.6 Å². The van der Waals surface area contributed by atoms with Crippen molar-refractivity contribution < 1.29 is 13.2 Å². The van der Waals surface area contributed by atoms with E-state index < -0.39 is 15.9 Å². The summed E-state index contributed by atoms with van der Waals surface area (Å²) in [6, 6.07) is 18.5. The zero-order chi connectivity index (χ0) is 20.3. The monoisotopic (exact) mass is 414 g/mol. The summed E-state index contributed by atoms with van der Waals surface area (Å²) in [6.07, 6.45) is 0. The summed E-state index contributed by atoms with van der Waals surface area (Å²) in [5.41, 5.74) is 3.10. The first-order valence-corrected chi connectivity index (χ1v) is 10.4. The Bertz CT molecular complexity index is 1130. The van der Waals surface area contributed by atoms with Gasteiger partial charge in [-0.1, -0.05) is 47.5 Å². The highest BCUT2D eigenvalue weighted by molar-refractivity contribution is 7.92. The summed E-state index contributed by atoms with van der Waals surface area (Å²) >= 11 is 6.12. The van der Waals surface area contributed by atoms with Gasteiger partial charge >= 0.3 is 0 Å². The molecule has 144 valence electrons. The largest absolute Gasteiger partial charge is 0.322 e. The lowest BCUT2D eigenvalue weighted by molar-refractivity contribution is 0.102. The average molecular weight is 415 g/mol. The summed E-state index contributed by atoms with van der Waals surface area (Å²) in [4.78, 5) is 12.4. The van der Waals surface area contributed by atoms with Gasteiger partial charge in [0.05, 0.1) is 10.7 Å². The van der Waals surface area contributed by atoms with Gasteiger partial charge in [-0.3, -0.25) is 9.52 Å². The second kappa shape index (κ2) is 8.04. The van der Waals surface area contributed by atoms with E-state index in [0.29, 0.717) is 11.4 Å². The fraction of sp³-hybridized carbons (Fsp3) is 0.0952. The maximum Gasteiger partial charge on any atom is 0.263 e.